The Kier molecular flexibility index (Phi) is 13.3. The molecule has 108 valence electrons. The van der Waals surface area contributed by atoms with Gasteiger partial charge in [-0.3, -0.25) is 4.79 Å². The SMILES string of the molecule is CCCCCCCCC(=O)NCCCC(C)CBr. The molecule has 3 heteroatoms. The minimum Gasteiger partial charge on any atom is -0.356 e. The Labute approximate surface area is 121 Å². The van der Waals surface area contributed by atoms with Crippen molar-refractivity contribution in [3.8, 4) is 0 Å². The van der Waals surface area contributed by atoms with Crippen molar-refractivity contribution >= 4 is 21.8 Å². The highest BCUT2D eigenvalue weighted by Crippen LogP contribution is 2.08. The average Bonchev–Trinajstić information content (AvgIpc) is 2.38. The number of halogens is 1. The van der Waals surface area contributed by atoms with Crippen LogP contribution in [0.25, 0.3) is 0 Å². The van der Waals surface area contributed by atoms with Crippen LogP contribution in [-0.4, -0.2) is 17.8 Å². The van der Waals surface area contributed by atoms with Crippen LogP contribution in [0.5, 0.6) is 0 Å². The summed E-state index contributed by atoms with van der Waals surface area (Å²) in [5, 5.41) is 4.06. The molecule has 0 aromatic rings. The molecule has 2 nitrogen and oxygen atoms in total. The summed E-state index contributed by atoms with van der Waals surface area (Å²) in [5.74, 6) is 0.942. The van der Waals surface area contributed by atoms with Crippen molar-refractivity contribution in [2.45, 2.75) is 71.6 Å². The van der Waals surface area contributed by atoms with Gasteiger partial charge in [0.1, 0.15) is 0 Å². The zero-order valence-corrected chi connectivity index (χ0v) is 13.7. The Hall–Kier alpha value is -0.0500. The average molecular weight is 320 g/mol. The summed E-state index contributed by atoms with van der Waals surface area (Å²) in [6, 6.07) is 0. The fraction of sp³-hybridized carbons (Fsp3) is 0.933. The quantitative estimate of drug-likeness (QED) is 0.411. The zero-order valence-electron chi connectivity index (χ0n) is 12.1. The molecule has 18 heavy (non-hydrogen) atoms. The fourth-order valence-electron chi connectivity index (χ4n) is 1.91. The lowest BCUT2D eigenvalue weighted by Crippen LogP contribution is -2.24. The Morgan fingerprint density at radius 2 is 1.78 bits per heavy atom. The van der Waals surface area contributed by atoms with Gasteiger partial charge < -0.3 is 5.32 Å². The highest BCUT2D eigenvalue weighted by molar-refractivity contribution is 9.09. The van der Waals surface area contributed by atoms with Gasteiger partial charge in [-0.1, -0.05) is 61.9 Å². The molecule has 1 unspecified atom stereocenters. The number of carbonyl (C=O) groups excluding carboxylic acids is 1. The van der Waals surface area contributed by atoms with Gasteiger partial charge in [0.25, 0.3) is 0 Å². The Morgan fingerprint density at radius 1 is 1.11 bits per heavy atom. The first kappa shape index (κ1) is 17.9. The summed E-state index contributed by atoms with van der Waals surface area (Å²) < 4.78 is 0. The molecule has 0 aromatic heterocycles. The van der Waals surface area contributed by atoms with Crippen molar-refractivity contribution in [2.24, 2.45) is 5.92 Å². The van der Waals surface area contributed by atoms with E-state index in [1.807, 2.05) is 0 Å². The van der Waals surface area contributed by atoms with Crippen molar-refractivity contribution in [1.82, 2.24) is 5.32 Å². The minimum absolute atomic E-state index is 0.233. The Bertz CT molecular complexity index is 197. The molecule has 0 saturated carbocycles. The molecule has 0 fully saturated rings. The van der Waals surface area contributed by atoms with Crippen molar-refractivity contribution < 1.29 is 4.79 Å². The topological polar surface area (TPSA) is 29.1 Å². The third-order valence-corrected chi connectivity index (χ3v) is 4.32. The number of rotatable bonds is 12. The molecule has 0 bridgehead atoms. The maximum atomic E-state index is 11.5. The van der Waals surface area contributed by atoms with E-state index >= 15 is 0 Å². The van der Waals surface area contributed by atoms with Crippen LogP contribution in [0.15, 0.2) is 0 Å². The van der Waals surface area contributed by atoms with Crippen LogP contribution in [0, 0.1) is 5.92 Å². The van der Waals surface area contributed by atoms with E-state index in [1.165, 1.54) is 38.5 Å². The standard InChI is InChI=1S/C15H30BrNO/c1-3-4-5-6-7-8-11-15(18)17-12-9-10-14(2)13-16/h14H,3-13H2,1-2H3,(H,17,18). The van der Waals surface area contributed by atoms with E-state index in [2.05, 4.69) is 35.1 Å². The number of carbonyl (C=O) groups is 1. The van der Waals surface area contributed by atoms with Gasteiger partial charge in [0.05, 0.1) is 0 Å². The second-order valence-corrected chi connectivity index (χ2v) is 5.92. The van der Waals surface area contributed by atoms with E-state index < -0.39 is 0 Å². The molecular formula is C15H30BrNO. The molecule has 0 heterocycles. The maximum absolute atomic E-state index is 11.5. The molecule has 1 N–H and O–H groups in total. The zero-order chi connectivity index (χ0) is 13.6. The van der Waals surface area contributed by atoms with Crippen LogP contribution >= 0.6 is 15.9 Å². The van der Waals surface area contributed by atoms with E-state index in [-0.39, 0.29) is 5.91 Å². The van der Waals surface area contributed by atoms with Gasteiger partial charge in [0.15, 0.2) is 0 Å². The van der Waals surface area contributed by atoms with Crippen molar-refractivity contribution in [2.75, 3.05) is 11.9 Å². The summed E-state index contributed by atoms with van der Waals surface area (Å²) in [7, 11) is 0. The predicted octanol–water partition coefficient (Wildman–Crippen LogP) is 4.66. The number of amides is 1. The van der Waals surface area contributed by atoms with Gasteiger partial charge in [-0.25, -0.2) is 0 Å². The van der Waals surface area contributed by atoms with Crippen LogP contribution in [0.3, 0.4) is 0 Å². The Balaban J connectivity index is 3.22. The smallest absolute Gasteiger partial charge is 0.219 e. The van der Waals surface area contributed by atoms with Crippen LogP contribution in [0.4, 0.5) is 0 Å². The highest BCUT2D eigenvalue weighted by Gasteiger charge is 2.02. The largest absolute Gasteiger partial charge is 0.356 e. The highest BCUT2D eigenvalue weighted by atomic mass is 79.9. The van der Waals surface area contributed by atoms with Crippen LogP contribution in [0.2, 0.25) is 0 Å². The molecule has 0 aliphatic rings. The molecule has 0 aliphatic carbocycles. The Morgan fingerprint density at radius 3 is 2.44 bits per heavy atom. The van der Waals surface area contributed by atoms with Crippen molar-refractivity contribution in [1.29, 1.82) is 0 Å². The van der Waals surface area contributed by atoms with Crippen LogP contribution in [-0.2, 0) is 4.79 Å². The number of alkyl halides is 1. The van der Waals surface area contributed by atoms with E-state index in [0.717, 1.165) is 24.7 Å². The molecule has 0 spiro atoms. The van der Waals surface area contributed by atoms with E-state index in [1.54, 1.807) is 0 Å². The van der Waals surface area contributed by atoms with Gasteiger partial charge >= 0.3 is 0 Å². The summed E-state index contributed by atoms with van der Waals surface area (Å²) in [6.45, 7) is 5.29. The van der Waals surface area contributed by atoms with Crippen LogP contribution in [0.1, 0.15) is 71.6 Å². The van der Waals surface area contributed by atoms with E-state index in [0.29, 0.717) is 12.3 Å². The molecule has 1 atom stereocenters. The van der Waals surface area contributed by atoms with Gasteiger partial charge in [-0.2, -0.15) is 0 Å². The van der Waals surface area contributed by atoms with Crippen molar-refractivity contribution in [3.63, 3.8) is 0 Å². The summed E-state index contributed by atoms with van der Waals surface area (Å²) in [4.78, 5) is 11.5. The number of hydrogen-bond acceptors (Lipinski definition) is 1. The van der Waals surface area contributed by atoms with Gasteiger partial charge in [-0.15, -0.1) is 0 Å². The fourth-order valence-corrected chi connectivity index (χ4v) is 2.23. The van der Waals surface area contributed by atoms with Gasteiger partial charge in [0.2, 0.25) is 5.91 Å². The lowest BCUT2D eigenvalue weighted by Gasteiger charge is -2.08. The number of nitrogens with one attached hydrogen (secondary N) is 1. The molecule has 0 aromatic carbocycles. The van der Waals surface area contributed by atoms with Gasteiger partial charge in [-0.05, 0) is 25.2 Å². The summed E-state index contributed by atoms with van der Waals surface area (Å²) in [5.41, 5.74) is 0. The monoisotopic (exact) mass is 319 g/mol. The maximum Gasteiger partial charge on any atom is 0.219 e. The first-order valence-corrected chi connectivity index (χ1v) is 8.65. The molecule has 0 radical (unpaired) electrons. The minimum atomic E-state index is 0.233. The van der Waals surface area contributed by atoms with Crippen molar-refractivity contribution in [3.05, 3.63) is 0 Å². The van der Waals surface area contributed by atoms with Crippen LogP contribution < -0.4 is 5.32 Å². The summed E-state index contributed by atoms with van der Waals surface area (Å²) in [6.07, 6.45) is 10.5. The molecule has 1 amide bonds. The molecule has 0 saturated heterocycles. The number of hydrogen-bond donors (Lipinski definition) is 1. The lowest BCUT2D eigenvalue weighted by molar-refractivity contribution is -0.121. The first-order chi connectivity index (χ1) is 8.70. The van der Waals surface area contributed by atoms with Gasteiger partial charge in [0, 0.05) is 18.3 Å². The van der Waals surface area contributed by atoms with E-state index in [9.17, 15) is 4.79 Å². The molecule has 0 rings (SSSR count). The second kappa shape index (κ2) is 13.4. The summed E-state index contributed by atoms with van der Waals surface area (Å²) >= 11 is 3.47. The molecular weight excluding hydrogens is 290 g/mol. The third kappa shape index (κ3) is 12.4. The van der Waals surface area contributed by atoms with E-state index in [4.69, 9.17) is 0 Å². The molecule has 0 aliphatic heterocycles. The number of unbranched alkanes of at least 4 members (excludes halogenated alkanes) is 5. The lowest BCUT2D eigenvalue weighted by atomic mass is 10.1. The first-order valence-electron chi connectivity index (χ1n) is 7.53. The second-order valence-electron chi connectivity index (χ2n) is 5.27. The third-order valence-electron chi connectivity index (χ3n) is 3.22. The normalized spacial score (nSPS) is 12.4. The predicted molar refractivity (Wildman–Crippen MR) is 83.2 cm³/mol.